The van der Waals surface area contributed by atoms with Crippen molar-refractivity contribution in [2.75, 3.05) is 0 Å². The molecule has 1 aromatic rings. The lowest BCUT2D eigenvalue weighted by atomic mass is 10.1. The van der Waals surface area contributed by atoms with Crippen LogP contribution in [0.25, 0.3) is 0 Å². The summed E-state index contributed by atoms with van der Waals surface area (Å²) >= 11 is 0. The Hall–Kier alpha value is -1.45. The number of carbonyl (C=O) groups is 1. The van der Waals surface area contributed by atoms with Gasteiger partial charge in [-0.05, 0) is 25.0 Å². The first-order chi connectivity index (χ1) is 7.60. The van der Waals surface area contributed by atoms with Crippen molar-refractivity contribution >= 4 is 5.91 Å². The summed E-state index contributed by atoms with van der Waals surface area (Å²) in [4.78, 5) is 11.6. The van der Waals surface area contributed by atoms with Gasteiger partial charge in [0.2, 0.25) is 0 Å². The smallest absolute Gasteiger partial charge is 0.254 e. The lowest BCUT2D eigenvalue weighted by Crippen LogP contribution is -2.34. The number of benzene rings is 1. The highest BCUT2D eigenvalue weighted by Gasteiger charge is 2.16. The van der Waals surface area contributed by atoms with E-state index >= 15 is 0 Å². The molecule has 0 aliphatic rings. The fourth-order valence-electron chi connectivity index (χ4n) is 1.44. The third-order valence-electron chi connectivity index (χ3n) is 2.52. The van der Waals surface area contributed by atoms with E-state index in [9.17, 15) is 13.6 Å². The number of nitrogens with one attached hydrogen (secondary N) is 1. The third kappa shape index (κ3) is 2.78. The van der Waals surface area contributed by atoms with E-state index in [1.807, 2.05) is 13.8 Å². The van der Waals surface area contributed by atoms with Gasteiger partial charge < -0.3 is 5.32 Å². The largest absolute Gasteiger partial charge is 0.349 e. The average molecular weight is 227 g/mol. The predicted octanol–water partition coefficient (Wildman–Crippen LogP) is 2.88. The van der Waals surface area contributed by atoms with Gasteiger partial charge in [-0.3, -0.25) is 4.79 Å². The molecule has 88 valence electrons. The minimum Gasteiger partial charge on any atom is -0.349 e. The molecule has 0 saturated heterocycles. The number of hydrogen-bond acceptors (Lipinski definition) is 1. The van der Waals surface area contributed by atoms with Crippen LogP contribution < -0.4 is 5.32 Å². The Bertz CT molecular complexity index is 375. The van der Waals surface area contributed by atoms with Crippen LogP contribution in [0.5, 0.6) is 0 Å². The summed E-state index contributed by atoms with van der Waals surface area (Å²) in [5.41, 5.74) is -0.244. The Morgan fingerprint density at radius 3 is 2.50 bits per heavy atom. The first-order valence-electron chi connectivity index (χ1n) is 5.35. The van der Waals surface area contributed by atoms with E-state index in [4.69, 9.17) is 0 Å². The number of amides is 1. The first-order valence-corrected chi connectivity index (χ1v) is 5.35. The maximum atomic E-state index is 13.3. The van der Waals surface area contributed by atoms with E-state index in [0.29, 0.717) is 0 Å². The van der Waals surface area contributed by atoms with Gasteiger partial charge in [0.05, 0.1) is 5.56 Å². The van der Waals surface area contributed by atoms with Crippen LogP contribution in [0.15, 0.2) is 18.2 Å². The van der Waals surface area contributed by atoms with Crippen molar-refractivity contribution in [3.05, 3.63) is 35.4 Å². The summed E-state index contributed by atoms with van der Waals surface area (Å²) < 4.78 is 26.2. The molecule has 0 aromatic heterocycles. The zero-order valence-corrected chi connectivity index (χ0v) is 9.39. The Kier molecular flexibility index (Phi) is 4.40. The van der Waals surface area contributed by atoms with Gasteiger partial charge in [-0.15, -0.1) is 0 Å². The summed E-state index contributed by atoms with van der Waals surface area (Å²) in [5.74, 6) is -2.66. The summed E-state index contributed by atoms with van der Waals surface area (Å²) in [6, 6.07) is 3.58. The van der Waals surface area contributed by atoms with Crippen LogP contribution in [0.4, 0.5) is 8.78 Å². The molecular weight excluding hydrogens is 212 g/mol. The van der Waals surface area contributed by atoms with Gasteiger partial charge in [-0.1, -0.05) is 19.9 Å². The third-order valence-corrected chi connectivity index (χ3v) is 2.52. The van der Waals surface area contributed by atoms with E-state index in [-0.39, 0.29) is 11.6 Å². The number of hydrogen-bond donors (Lipinski definition) is 1. The van der Waals surface area contributed by atoms with Gasteiger partial charge in [0.15, 0.2) is 11.6 Å². The SMILES string of the molecule is CCC(CC)NC(=O)c1cccc(F)c1F. The van der Waals surface area contributed by atoms with Crippen molar-refractivity contribution in [3.8, 4) is 0 Å². The lowest BCUT2D eigenvalue weighted by molar-refractivity contribution is 0.0929. The van der Waals surface area contributed by atoms with Crippen LogP contribution in [-0.2, 0) is 0 Å². The van der Waals surface area contributed by atoms with E-state index in [1.165, 1.54) is 12.1 Å². The monoisotopic (exact) mass is 227 g/mol. The molecule has 4 heteroatoms. The van der Waals surface area contributed by atoms with Gasteiger partial charge in [0.25, 0.3) is 5.91 Å². The van der Waals surface area contributed by atoms with Crippen molar-refractivity contribution < 1.29 is 13.6 Å². The van der Waals surface area contributed by atoms with E-state index < -0.39 is 17.5 Å². The van der Waals surface area contributed by atoms with Crippen LogP contribution in [0.1, 0.15) is 37.0 Å². The van der Waals surface area contributed by atoms with Gasteiger partial charge >= 0.3 is 0 Å². The molecule has 0 atom stereocenters. The van der Waals surface area contributed by atoms with Crippen LogP contribution in [0, 0.1) is 11.6 Å². The van der Waals surface area contributed by atoms with Crippen molar-refractivity contribution in [1.82, 2.24) is 5.32 Å². The van der Waals surface area contributed by atoms with Gasteiger partial charge in [-0.2, -0.15) is 0 Å². The lowest BCUT2D eigenvalue weighted by Gasteiger charge is -2.14. The highest BCUT2D eigenvalue weighted by molar-refractivity contribution is 5.94. The molecule has 16 heavy (non-hydrogen) atoms. The van der Waals surface area contributed by atoms with Crippen LogP contribution in [0.2, 0.25) is 0 Å². The van der Waals surface area contributed by atoms with Crippen LogP contribution in [-0.4, -0.2) is 11.9 Å². The van der Waals surface area contributed by atoms with E-state index in [1.54, 1.807) is 0 Å². The Labute approximate surface area is 93.7 Å². The molecule has 1 rings (SSSR count). The molecule has 1 amide bonds. The van der Waals surface area contributed by atoms with Crippen molar-refractivity contribution in [2.45, 2.75) is 32.7 Å². The molecule has 1 aromatic carbocycles. The number of halogens is 2. The van der Waals surface area contributed by atoms with E-state index in [0.717, 1.165) is 18.9 Å². The fraction of sp³-hybridized carbons (Fsp3) is 0.417. The molecule has 0 radical (unpaired) electrons. The minimum absolute atomic E-state index is 0.00447. The topological polar surface area (TPSA) is 29.1 Å². The summed E-state index contributed by atoms with van der Waals surface area (Å²) in [6.45, 7) is 3.85. The highest BCUT2D eigenvalue weighted by atomic mass is 19.2. The zero-order chi connectivity index (χ0) is 12.1. The molecule has 0 unspecified atom stereocenters. The molecule has 0 spiro atoms. The van der Waals surface area contributed by atoms with Gasteiger partial charge in [0.1, 0.15) is 0 Å². The van der Waals surface area contributed by atoms with Crippen molar-refractivity contribution in [3.63, 3.8) is 0 Å². The maximum absolute atomic E-state index is 13.3. The first kappa shape index (κ1) is 12.6. The van der Waals surface area contributed by atoms with Gasteiger partial charge in [-0.25, -0.2) is 8.78 Å². The molecule has 0 aliphatic heterocycles. The molecule has 0 fully saturated rings. The summed E-state index contributed by atoms with van der Waals surface area (Å²) in [7, 11) is 0. The standard InChI is InChI=1S/C12H15F2NO/c1-3-8(4-2)15-12(16)9-6-5-7-10(13)11(9)14/h5-8H,3-4H2,1-2H3,(H,15,16). The molecule has 0 bridgehead atoms. The second kappa shape index (κ2) is 5.58. The predicted molar refractivity (Wildman–Crippen MR) is 58.2 cm³/mol. The molecule has 0 saturated carbocycles. The number of carbonyl (C=O) groups excluding carboxylic acids is 1. The molecule has 1 N–H and O–H groups in total. The molecule has 0 heterocycles. The van der Waals surface area contributed by atoms with Crippen LogP contribution in [0.3, 0.4) is 0 Å². The Morgan fingerprint density at radius 1 is 1.31 bits per heavy atom. The quantitative estimate of drug-likeness (QED) is 0.841. The Balaban J connectivity index is 2.84. The average Bonchev–Trinajstić information content (AvgIpc) is 2.29. The van der Waals surface area contributed by atoms with Crippen molar-refractivity contribution in [1.29, 1.82) is 0 Å². The minimum atomic E-state index is -1.09. The highest BCUT2D eigenvalue weighted by Crippen LogP contribution is 2.11. The summed E-state index contributed by atoms with van der Waals surface area (Å²) in [5, 5.41) is 2.66. The van der Waals surface area contributed by atoms with E-state index in [2.05, 4.69) is 5.32 Å². The second-order valence-electron chi connectivity index (χ2n) is 3.59. The summed E-state index contributed by atoms with van der Waals surface area (Å²) in [6.07, 6.45) is 1.53. The fourth-order valence-corrected chi connectivity index (χ4v) is 1.44. The number of rotatable bonds is 4. The van der Waals surface area contributed by atoms with Crippen molar-refractivity contribution in [2.24, 2.45) is 0 Å². The zero-order valence-electron chi connectivity index (χ0n) is 9.39. The maximum Gasteiger partial charge on any atom is 0.254 e. The molecule has 2 nitrogen and oxygen atoms in total. The normalized spacial score (nSPS) is 10.6. The molecular formula is C12H15F2NO. The van der Waals surface area contributed by atoms with Gasteiger partial charge in [0, 0.05) is 6.04 Å². The second-order valence-corrected chi connectivity index (χ2v) is 3.59. The van der Waals surface area contributed by atoms with Crippen LogP contribution >= 0.6 is 0 Å². The Morgan fingerprint density at radius 2 is 1.94 bits per heavy atom. The molecule has 0 aliphatic carbocycles.